The van der Waals surface area contributed by atoms with Gasteiger partial charge in [0.25, 0.3) is 0 Å². The van der Waals surface area contributed by atoms with Crippen molar-refractivity contribution in [3.8, 4) is 0 Å². The first-order valence-electron chi connectivity index (χ1n) is 6.47. The molecule has 0 bridgehead atoms. The lowest BCUT2D eigenvalue weighted by molar-refractivity contribution is 0.0854. The number of ether oxygens (including phenoxy) is 1. The molecule has 0 saturated carbocycles. The minimum absolute atomic E-state index is 0.0841. The summed E-state index contributed by atoms with van der Waals surface area (Å²) in [6, 6.07) is 9.91. The lowest BCUT2D eigenvalue weighted by Gasteiger charge is -2.08. The van der Waals surface area contributed by atoms with E-state index in [4.69, 9.17) is 9.26 Å². The Labute approximate surface area is 113 Å². The van der Waals surface area contributed by atoms with Crippen molar-refractivity contribution in [3.05, 3.63) is 42.0 Å². The number of methoxy groups -OCH3 is 1. The molecule has 0 aliphatic rings. The van der Waals surface area contributed by atoms with Gasteiger partial charge in [-0.25, -0.2) is 0 Å². The van der Waals surface area contributed by atoms with Crippen molar-refractivity contribution >= 4 is 5.69 Å². The van der Waals surface area contributed by atoms with E-state index in [2.05, 4.69) is 22.4 Å². The van der Waals surface area contributed by atoms with Gasteiger partial charge in [-0.3, -0.25) is 0 Å². The minimum Gasteiger partial charge on any atom is -0.376 e. The fraction of sp³-hybridized carbons (Fsp3) is 0.429. The monoisotopic (exact) mass is 261 g/mol. The van der Waals surface area contributed by atoms with Crippen LogP contribution in [0.25, 0.3) is 0 Å². The van der Waals surface area contributed by atoms with E-state index in [-0.39, 0.29) is 6.10 Å². The fourth-order valence-electron chi connectivity index (χ4n) is 1.82. The minimum atomic E-state index is -0.0841. The van der Waals surface area contributed by atoms with Crippen molar-refractivity contribution in [1.82, 2.24) is 10.1 Å². The van der Waals surface area contributed by atoms with Crippen LogP contribution in [0, 0.1) is 0 Å². The number of benzene rings is 1. The Kier molecular flexibility index (Phi) is 4.92. The normalized spacial score (nSPS) is 12.3. The second-order valence-corrected chi connectivity index (χ2v) is 4.28. The predicted octanol–water partition coefficient (Wildman–Crippen LogP) is 3.17. The molecule has 0 aliphatic heterocycles. The molecule has 1 heterocycles. The van der Waals surface area contributed by atoms with E-state index in [9.17, 15) is 0 Å². The molecule has 2 rings (SSSR count). The molecule has 19 heavy (non-hydrogen) atoms. The summed E-state index contributed by atoms with van der Waals surface area (Å²) in [6.07, 6.45) is 1.82. The zero-order valence-corrected chi connectivity index (χ0v) is 11.3. The number of hydrogen-bond acceptors (Lipinski definition) is 5. The van der Waals surface area contributed by atoms with Crippen molar-refractivity contribution < 1.29 is 9.26 Å². The smallest absolute Gasteiger partial charge is 0.246 e. The highest BCUT2D eigenvalue weighted by atomic mass is 16.5. The van der Waals surface area contributed by atoms with Crippen molar-refractivity contribution in [2.24, 2.45) is 0 Å². The van der Waals surface area contributed by atoms with Crippen molar-refractivity contribution in [2.75, 3.05) is 12.4 Å². The van der Waals surface area contributed by atoms with Gasteiger partial charge in [-0.15, -0.1) is 0 Å². The van der Waals surface area contributed by atoms with E-state index >= 15 is 0 Å². The van der Waals surface area contributed by atoms with E-state index in [1.807, 2.05) is 30.3 Å². The molecule has 1 aromatic heterocycles. The van der Waals surface area contributed by atoms with Gasteiger partial charge in [0.2, 0.25) is 11.7 Å². The number of rotatable bonds is 7. The quantitative estimate of drug-likeness (QED) is 0.829. The maximum Gasteiger partial charge on any atom is 0.246 e. The Hall–Kier alpha value is -1.88. The molecule has 1 aromatic carbocycles. The van der Waals surface area contributed by atoms with E-state index in [0.29, 0.717) is 18.3 Å². The van der Waals surface area contributed by atoms with Gasteiger partial charge in [0.05, 0.1) is 6.54 Å². The third kappa shape index (κ3) is 3.79. The fourth-order valence-corrected chi connectivity index (χ4v) is 1.82. The van der Waals surface area contributed by atoms with E-state index in [0.717, 1.165) is 18.5 Å². The summed E-state index contributed by atoms with van der Waals surface area (Å²) >= 11 is 0. The second kappa shape index (κ2) is 6.89. The first-order valence-corrected chi connectivity index (χ1v) is 6.47. The predicted molar refractivity (Wildman–Crippen MR) is 72.7 cm³/mol. The Bertz CT molecular complexity index is 484. The van der Waals surface area contributed by atoms with E-state index < -0.39 is 0 Å². The molecule has 1 N–H and O–H groups in total. The molecule has 0 spiro atoms. The summed E-state index contributed by atoms with van der Waals surface area (Å²) < 4.78 is 10.6. The van der Waals surface area contributed by atoms with Crippen molar-refractivity contribution in [3.63, 3.8) is 0 Å². The molecule has 0 amide bonds. The molecule has 0 aliphatic carbocycles. The molecule has 0 saturated heterocycles. The third-order valence-electron chi connectivity index (χ3n) is 2.82. The van der Waals surface area contributed by atoms with Crippen LogP contribution in [0.4, 0.5) is 5.69 Å². The number of para-hydroxylation sites is 1. The summed E-state index contributed by atoms with van der Waals surface area (Å²) in [6.45, 7) is 2.61. The summed E-state index contributed by atoms with van der Waals surface area (Å²) in [5, 5.41) is 7.19. The number of hydrogen-bond donors (Lipinski definition) is 1. The molecular weight excluding hydrogens is 242 g/mol. The van der Waals surface area contributed by atoms with Gasteiger partial charge in [0, 0.05) is 12.8 Å². The van der Waals surface area contributed by atoms with Crippen LogP contribution in [-0.4, -0.2) is 17.3 Å². The average molecular weight is 261 g/mol. The standard InChI is InChI=1S/C14H19N3O2/c1-3-7-12(18-2)14-16-13(19-17-14)10-15-11-8-5-4-6-9-11/h4-6,8-9,12,15H,3,7,10H2,1-2H3. The number of aromatic nitrogens is 2. The molecule has 0 fully saturated rings. The molecule has 5 heteroatoms. The van der Waals surface area contributed by atoms with Gasteiger partial charge >= 0.3 is 0 Å². The van der Waals surface area contributed by atoms with Crippen LogP contribution in [0.2, 0.25) is 0 Å². The Morgan fingerprint density at radius 1 is 1.32 bits per heavy atom. The Morgan fingerprint density at radius 2 is 2.11 bits per heavy atom. The highest BCUT2D eigenvalue weighted by Gasteiger charge is 2.16. The lowest BCUT2D eigenvalue weighted by atomic mass is 10.2. The summed E-state index contributed by atoms with van der Waals surface area (Å²) in [7, 11) is 1.67. The summed E-state index contributed by atoms with van der Waals surface area (Å²) in [5.41, 5.74) is 1.03. The van der Waals surface area contributed by atoms with Crippen LogP contribution < -0.4 is 5.32 Å². The topological polar surface area (TPSA) is 60.2 Å². The van der Waals surface area contributed by atoms with E-state index in [1.54, 1.807) is 7.11 Å². The average Bonchev–Trinajstić information content (AvgIpc) is 2.92. The number of nitrogens with one attached hydrogen (secondary N) is 1. The van der Waals surface area contributed by atoms with Gasteiger partial charge in [-0.2, -0.15) is 4.98 Å². The van der Waals surface area contributed by atoms with Crippen LogP contribution in [0.3, 0.4) is 0 Å². The molecule has 5 nitrogen and oxygen atoms in total. The van der Waals surface area contributed by atoms with Crippen molar-refractivity contribution in [2.45, 2.75) is 32.4 Å². The first-order chi connectivity index (χ1) is 9.33. The number of anilines is 1. The van der Waals surface area contributed by atoms with Gasteiger partial charge in [0.1, 0.15) is 6.10 Å². The van der Waals surface area contributed by atoms with Gasteiger partial charge in [-0.05, 0) is 18.6 Å². The van der Waals surface area contributed by atoms with Crippen LogP contribution in [0.15, 0.2) is 34.9 Å². The Balaban J connectivity index is 1.93. The number of nitrogens with zero attached hydrogens (tertiary/aromatic N) is 2. The van der Waals surface area contributed by atoms with Crippen LogP contribution in [-0.2, 0) is 11.3 Å². The molecule has 1 unspecified atom stereocenters. The van der Waals surface area contributed by atoms with Gasteiger partial charge in [-0.1, -0.05) is 36.7 Å². The summed E-state index contributed by atoms with van der Waals surface area (Å²) in [5.74, 6) is 1.19. The molecule has 0 radical (unpaired) electrons. The molecular formula is C14H19N3O2. The van der Waals surface area contributed by atoms with Crippen LogP contribution >= 0.6 is 0 Å². The van der Waals surface area contributed by atoms with Gasteiger partial charge < -0.3 is 14.6 Å². The highest BCUT2D eigenvalue weighted by Crippen LogP contribution is 2.19. The van der Waals surface area contributed by atoms with E-state index in [1.165, 1.54) is 0 Å². The Morgan fingerprint density at radius 3 is 2.79 bits per heavy atom. The second-order valence-electron chi connectivity index (χ2n) is 4.28. The van der Waals surface area contributed by atoms with Crippen molar-refractivity contribution in [1.29, 1.82) is 0 Å². The first kappa shape index (κ1) is 13.5. The molecule has 1 atom stereocenters. The summed E-state index contributed by atoms with van der Waals surface area (Å²) in [4.78, 5) is 4.35. The SMILES string of the molecule is CCCC(OC)c1noc(CNc2ccccc2)n1. The zero-order valence-electron chi connectivity index (χ0n) is 11.3. The maximum atomic E-state index is 5.35. The van der Waals surface area contributed by atoms with Crippen LogP contribution in [0.1, 0.15) is 37.6 Å². The highest BCUT2D eigenvalue weighted by molar-refractivity contribution is 5.42. The largest absolute Gasteiger partial charge is 0.376 e. The zero-order chi connectivity index (χ0) is 13.5. The van der Waals surface area contributed by atoms with Gasteiger partial charge in [0.15, 0.2) is 0 Å². The van der Waals surface area contributed by atoms with Crippen LogP contribution in [0.5, 0.6) is 0 Å². The molecule has 2 aromatic rings. The molecule has 102 valence electrons. The third-order valence-corrected chi connectivity index (χ3v) is 2.82. The lowest BCUT2D eigenvalue weighted by Crippen LogP contribution is -2.04. The maximum absolute atomic E-state index is 5.35.